The molecule has 1 aliphatic rings. The first-order chi connectivity index (χ1) is 7.38. The third-order valence-corrected chi connectivity index (χ3v) is 3.17. The van der Waals surface area contributed by atoms with E-state index in [-0.39, 0.29) is 0 Å². The van der Waals surface area contributed by atoms with E-state index in [2.05, 4.69) is 29.4 Å². The van der Waals surface area contributed by atoms with Gasteiger partial charge in [-0.3, -0.25) is 10.2 Å². The lowest BCUT2D eigenvalue weighted by atomic mass is 10.2. The number of unbranched alkanes of at least 4 members (excludes halogenated alkanes) is 3. The Balaban J connectivity index is 2.15. The molecule has 90 valence electrons. The normalized spacial score (nSPS) is 22.2. The van der Waals surface area contributed by atoms with E-state index < -0.39 is 0 Å². The van der Waals surface area contributed by atoms with Gasteiger partial charge in [0.25, 0.3) is 0 Å². The van der Waals surface area contributed by atoms with Gasteiger partial charge in [-0.15, -0.1) is 0 Å². The SMILES string of the molecule is CCCCCCN(CC)C1CNCCN1. The highest BCUT2D eigenvalue weighted by Gasteiger charge is 2.17. The monoisotopic (exact) mass is 213 g/mol. The van der Waals surface area contributed by atoms with Crippen molar-refractivity contribution >= 4 is 0 Å². The summed E-state index contributed by atoms with van der Waals surface area (Å²) in [4.78, 5) is 2.56. The number of nitrogens with zero attached hydrogens (tertiary/aromatic N) is 1. The summed E-state index contributed by atoms with van der Waals surface area (Å²) in [6, 6.07) is 0. The molecule has 0 bridgehead atoms. The summed E-state index contributed by atoms with van der Waals surface area (Å²) >= 11 is 0. The highest BCUT2D eigenvalue weighted by atomic mass is 15.3. The Kier molecular flexibility index (Phi) is 6.98. The highest BCUT2D eigenvalue weighted by Crippen LogP contribution is 2.04. The van der Waals surface area contributed by atoms with Crippen molar-refractivity contribution < 1.29 is 0 Å². The summed E-state index contributed by atoms with van der Waals surface area (Å²) in [7, 11) is 0. The summed E-state index contributed by atoms with van der Waals surface area (Å²) < 4.78 is 0. The van der Waals surface area contributed by atoms with Crippen LogP contribution in [0.25, 0.3) is 0 Å². The van der Waals surface area contributed by atoms with Crippen molar-refractivity contribution in [2.75, 3.05) is 32.7 Å². The van der Waals surface area contributed by atoms with Crippen molar-refractivity contribution in [3.63, 3.8) is 0 Å². The van der Waals surface area contributed by atoms with Gasteiger partial charge < -0.3 is 5.32 Å². The zero-order valence-electron chi connectivity index (χ0n) is 10.4. The summed E-state index contributed by atoms with van der Waals surface area (Å²) in [6.07, 6.45) is 6.00. The van der Waals surface area contributed by atoms with Crippen molar-refractivity contribution in [1.29, 1.82) is 0 Å². The van der Waals surface area contributed by atoms with Gasteiger partial charge >= 0.3 is 0 Å². The second kappa shape index (κ2) is 8.08. The van der Waals surface area contributed by atoms with Gasteiger partial charge in [0.15, 0.2) is 0 Å². The van der Waals surface area contributed by atoms with Crippen molar-refractivity contribution in [2.45, 2.75) is 45.7 Å². The van der Waals surface area contributed by atoms with E-state index in [0.717, 1.165) is 26.2 Å². The highest BCUT2D eigenvalue weighted by molar-refractivity contribution is 4.76. The van der Waals surface area contributed by atoms with E-state index in [0.29, 0.717) is 6.17 Å². The van der Waals surface area contributed by atoms with E-state index in [4.69, 9.17) is 0 Å². The average molecular weight is 213 g/mol. The molecule has 0 aliphatic carbocycles. The Morgan fingerprint density at radius 2 is 2.00 bits per heavy atom. The molecule has 1 rings (SSSR count). The molecule has 1 fully saturated rings. The van der Waals surface area contributed by atoms with Gasteiger partial charge in [-0.2, -0.15) is 0 Å². The average Bonchev–Trinajstić information content (AvgIpc) is 2.30. The van der Waals surface area contributed by atoms with Crippen LogP contribution in [-0.4, -0.2) is 43.8 Å². The Bertz CT molecular complexity index is 144. The minimum Gasteiger partial charge on any atom is -0.313 e. The molecule has 0 aromatic heterocycles. The van der Waals surface area contributed by atoms with Gasteiger partial charge in [0.1, 0.15) is 0 Å². The predicted molar refractivity (Wildman–Crippen MR) is 66.0 cm³/mol. The predicted octanol–water partition coefficient (Wildman–Crippen LogP) is 1.41. The quantitative estimate of drug-likeness (QED) is 0.626. The van der Waals surface area contributed by atoms with Crippen molar-refractivity contribution in [1.82, 2.24) is 15.5 Å². The van der Waals surface area contributed by atoms with Crippen LogP contribution in [-0.2, 0) is 0 Å². The molecule has 1 heterocycles. The number of hydrogen-bond acceptors (Lipinski definition) is 3. The molecule has 1 saturated heterocycles. The van der Waals surface area contributed by atoms with Gasteiger partial charge in [-0.1, -0.05) is 33.1 Å². The maximum absolute atomic E-state index is 3.57. The van der Waals surface area contributed by atoms with Crippen LogP contribution < -0.4 is 10.6 Å². The van der Waals surface area contributed by atoms with Gasteiger partial charge in [0.05, 0.1) is 6.17 Å². The molecule has 0 saturated carbocycles. The fraction of sp³-hybridized carbons (Fsp3) is 1.00. The number of likely N-dealkylation sites (N-methyl/N-ethyl adjacent to an activating group) is 1. The molecule has 3 heteroatoms. The standard InChI is InChI=1S/C12H27N3/c1-3-5-6-7-10-15(4-2)12-11-13-8-9-14-12/h12-14H,3-11H2,1-2H3. The first kappa shape index (κ1) is 12.9. The van der Waals surface area contributed by atoms with Gasteiger partial charge in [-0.25, -0.2) is 0 Å². The number of hydrogen-bond donors (Lipinski definition) is 2. The summed E-state index contributed by atoms with van der Waals surface area (Å²) in [5.41, 5.74) is 0. The van der Waals surface area contributed by atoms with Crippen molar-refractivity contribution in [3.05, 3.63) is 0 Å². The maximum atomic E-state index is 3.57. The van der Waals surface area contributed by atoms with E-state index in [1.54, 1.807) is 0 Å². The van der Waals surface area contributed by atoms with Gasteiger partial charge in [0.2, 0.25) is 0 Å². The van der Waals surface area contributed by atoms with Crippen LogP contribution >= 0.6 is 0 Å². The lowest BCUT2D eigenvalue weighted by Crippen LogP contribution is -2.57. The second-order valence-corrected chi connectivity index (χ2v) is 4.36. The molecule has 3 nitrogen and oxygen atoms in total. The molecular weight excluding hydrogens is 186 g/mol. The summed E-state index contributed by atoms with van der Waals surface area (Å²) in [6.45, 7) is 10.3. The Hall–Kier alpha value is -0.120. The van der Waals surface area contributed by atoms with Crippen LogP contribution in [0.3, 0.4) is 0 Å². The molecule has 0 radical (unpaired) electrons. The smallest absolute Gasteiger partial charge is 0.0726 e. The Labute approximate surface area is 94.6 Å². The largest absolute Gasteiger partial charge is 0.313 e. The van der Waals surface area contributed by atoms with Crippen molar-refractivity contribution in [2.24, 2.45) is 0 Å². The maximum Gasteiger partial charge on any atom is 0.0726 e. The number of piperazine rings is 1. The van der Waals surface area contributed by atoms with E-state index >= 15 is 0 Å². The molecule has 0 aromatic carbocycles. The van der Waals surface area contributed by atoms with Crippen LogP contribution in [0.4, 0.5) is 0 Å². The molecule has 1 aliphatic heterocycles. The molecule has 0 amide bonds. The fourth-order valence-corrected chi connectivity index (χ4v) is 2.17. The zero-order valence-corrected chi connectivity index (χ0v) is 10.4. The van der Waals surface area contributed by atoms with Crippen LogP contribution in [0.5, 0.6) is 0 Å². The Morgan fingerprint density at radius 3 is 2.60 bits per heavy atom. The Morgan fingerprint density at radius 1 is 1.13 bits per heavy atom. The third-order valence-electron chi connectivity index (χ3n) is 3.17. The number of nitrogens with one attached hydrogen (secondary N) is 2. The van der Waals surface area contributed by atoms with Crippen LogP contribution in [0.2, 0.25) is 0 Å². The summed E-state index contributed by atoms with van der Waals surface area (Å²) in [5, 5.41) is 7.02. The van der Waals surface area contributed by atoms with Crippen LogP contribution in [0.1, 0.15) is 39.5 Å². The molecule has 2 N–H and O–H groups in total. The topological polar surface area (TPSA) is 27.3 Å². The van der Waals surface area contributed by atoms with E-state index in [1.807, 2.05) is 0 Å². The lowest BCUT2D eigenvalue weighted by Gasteiger charge is -2.34. The number of rotatable bonds is 7. The first-order valence-corrected chi connectivity index (χ1v) is 6.56. The van der Waals surface area contributed by atoms with Crippen LogP contribution in [0.15, 0.2) is 0 Å². The van der Waals surface area contributed by atoms with Gasteiger partial charge in [-0.05, 0) is 19.5 Å². The molecule has 0 aromatic rings. The van der Waals surface area contributed by atoms with Gasteiger partial charge in [0, 0.05) is 19.6 Å². The zero-order chi connectivity index (χ0) is 10.9. The first-order valence-electron chi connectivity index (χ1n) is 6.56. The molecule has 15 heavy (non-hydrogen) atoms. The third kappa shape index (κ3) is 4.96. The van der Waals surface area contributed by atoms with E-state index in [9.17, 15) is 0 Å². The molecule has 1 unspecified atom stereocenters. The minimum atomic E-state index is 0.561. The van der Waals surface area contributed by atoms with Crippen molar-refractivity contribution in [3.8, 4) is 0 Å². The minimum absolute atomic E-state index is 0.561. The lowest BCUT2D eigenvalue weighted by molar-refractivity contribution is 0.152. The summed E-state index contributed by atoms with van der Waals surface area (Å²) in [5.74, 6) is 0. The van der Waals surface area contributed by atoms with E-state index in [1.165, 1.54) is 32.2 Å². The molecule has 1 atom stereocenters. The second-order valence-electron chi connectivity index (χ2n) is 4.36. The molecule has 0 spiro atoms. The fourth-order valence-electron chi connectivity index (χ4n) is 2.17. The molecular formula is C12H27N3. The van der Waals surface area contributed by atoms with Crippen LogP contribution in [0, 0.1) is 0 Å².